The first-order valence-electron chi connectivity index (χ1n) is 11.5. The molecule has 0 aliphatic carbocycles. The molecule has 3 aromatic carbocycles. The Morgan fingerprint density at radius 3 is 2.00 bits per heavy atom. The lowest BCUT2D eigenvalue weighted by atomic mass is 9.88. The summed E-state index contributed by atoms with van der Waals surface area (Å²) in [7, 11) is -1.70. The fourth-order valence-electron chi connectivity index (χ4n) is 4.54. The van der Waals surface area contributed by atoms with Gasteiger partial charge in [-0.25, -0.2) is 13.2 Å². The second kappa shape index (κ2) is 11.5. The van der Waals surface area contributed by atoms with Crippen LogP contribution in [0.2, 0.25) is 0 Å². The monoisotopic (exact) mass is 659 g/mol. The van der Waals surface area contributed by atoms with E-state index in [1.54, 1.807) is 0 Å². The van der Waals surface area contributed by atoms with E-state index in [4.69, 9.17) is 0 Å². The van der Waals surface area contributed by atoms with Gasteiger partial charge in [0.1, 0.15) is 17.5 Å². The quantitative estimate of drug-likeness (QED) is 0.271. The van der Waals surface area contributed by atoms with Crippen molar-refractivity contribution in [2.45, 2.75) is 40.6 Å². The van der Waals surface area contributed by atoms with Crippen LogP contribution in [0.3, 0.4) is 0 Å². The second-order valence-corrected chi connectivity index (χ2v) is 11.5. The van der Waals surface area contributed by atoms with Gasteiger partial charge in [0.05, 0.1) is 27.1 Å². The summed E-state index contributed by atoms with van der Waals surface area (Å²) in [5.74, 6) is -3.88. The number of halogens is 10. The number of benzene rings is 3. The van der Waals surface area contributed by atoms with E-state index in [1.165, 1.54) is 12.1 Å². The fourth-order valence-corrected chi connectivity index (χ4v) is 6.68. The summed E-state index contributed by atoms with van der Waals surface area (Å²) in [6, 6.07) is 9.28. The van der Waals surface area contributed by atoms with Crippen LogP contribution < -0.4 is 5.32 Å². The molecule has 1 fully saturated rings. The van der Waals surface area contributed by atoms with Crippen molar-refractivity contribution in [1.29, 1.82) is 0 Å². The number of alkyl halides is 6. The summed E-state index contributed by atoms with van der Waals surface area (Å²) in [5.41, 5.74) is -7.04. The topological polar surface area (TPSA) is 38.3 Å². The summed E-state index contributed by atoms with van der Waals surface area (Å²) in [4.78, 5) is 0.283. The van der Waals surface area contributed by atoms with Gasteiger partial charge in [-0.3, -0.25) is 4.21 Å². The van der Waals surface area contributed by atoms with Crippen LogP contribution in [0.4, 0.5) is 39.5 Å². The van der Waals surface area contributed by atoms with E-state index in [9.17, 15) is 43.7 Å². The molecule has 1 saturated heterocycles. The van der Waals surface area contributed by atoms with Crippen LogP contribution in [-0.2, 0) is 27.7 Å². The van der Waals surface area contributed by atoms with Gasteiger partial charge in [-0.05, 0) is 51.8 Å². The van der Waals surface area contributed by atoms with Crippen molar-refractivity contribution in [2.24, 2.45) is 0 Å². The minimum atomic E-state index is -6.07. The molecule has 0 amide bonds. The van der Waals surface area contributed by atoms with E-state index in [2.05, 4.69) is 26.0 Å². The minimum Gasteiger partial charge on any atom is -0.349 e. The molecule has 14 heteroatoms. The Morgan fingerprint density at radius 1 is 0.850 bits per heavy atom. The van der Waals surface area contributed by atoms with Crippen molar-refractivity contribution in [3.8, 4) is 0 Å². The molecule has 1 heterocycles. The van der Waals surface area contributed by atoms with Gasteiger partial charge in [-0.15, -0.1) is 0 Å². The highest BCUT2D eigenvalue weighted by Gasteiger charge is 2.73. The molecule has 3 atom stereocenters. The Balaban J connectivity index is 1.68. The predicted octanol–water partition coefficient (Wildman–Crippen LogP) is 7.27. The van der Waals surface area contributed by atoms with Gasteiger partial charge in [0.15, 0.2) is 0 Å². The van der Waals surface area contributed by atoms with Gasteiger partial charge in [0.25, 0.3) is 5.60 Å². The molecule has 3 aromatic rings. The first-order chi connectivity index (χ1) is 18.7. The summed E-state index contributed by atoms with van der Waals surface area (Å²) in [5, 5.41) is 2.38. The third-order valence-electron chi connectivity index (χ3n) is 6.60. The Morgan fingerprint density at radius 2 is 1.45 bits per heavy atom. The van der Waals surface area contributed by atoms with E-state index in [-0.39, 0.29) is 22.5 Å². The highest BCUT2D eigenvalue weighted by atomic mass is 79.9. The van der Waals surface area contributed by atoms with Crippen LogP contribution in [0, 0.1) is 17.5 Å². The molecule has 0 radical (unpaired) electrons. The Kier molecular flexibility index (Phi) is 8.75. The maximum Gasteiger partial charge on any atom is 0.430 e. The fraction of sp³-hybridized carbons (Fsp3) is 0.308. The lowest BCUT2D eigenvalue weighted by Crippen LogP contribution is -2.55. The largest absolute Gasteiger partial charge is 0.430 e. The zero-order valence-corrected chi connectivity index (χ0v) is 22.5. The van der Waals surface area contributed by atoms with Gasteiger partial charge in [0.2, 0.25) is 0 Å². The van der Waals surface area contributed by atoms with Crippen LogP contribution in [0.25, 0.3) is 0 Å². The normalized spacial score (nSPS) is 19.1. The molecule has 1 aliphatic heterocycles. The average molecular weight is 660 g/mol. The average Bonchev–Trinajstić information content (AvgIpc) is 3.36. The number of hydrogen-bond acceptors (Lipinski definition) is 3. The molecule has 0 spiro atoms. The molecule has 4 rings (SSSR count). The maximum atomic E-state index is 14.2. The lowest BCUT2D eigenvalue weighted by molar-refractivity contribution is -0.392. The molecule has 216 valence electrons. The molecule has 3 nitrogen and oxygen atoms in total. The Hall–Kier alpha value is -2.42. The van der Waals surface area contributed by atoms with Gasteiger partial charge in [0, 0.05) is 35.0 Å². The number of hydrogen-bond donors (Lipinski definition) is 1. The standard InChI is InChI=1S/C26H19BrF9NO2S/c27-19-10-16(8-9-22(19)30)40(38)23-12-37-11-17(23)14-4-6-15(7-5-14)24(25(31,32)33,26(34,35)36)39-13-18-20(28)2-1-3-21(18)29/h1-10,17,23,37H,11-13H2/t17?,23-,40?/m1/s1. The van der Waals surface area contributed by atoms with E-state index in [0.29, 0.717) is 29.8 Å². The van der Waals surface area contributed by atoms with E-state index in [1.807, 2.05) is 0 Å². The zero-order chi connectivity index (χ0) is 29.5. The summed E-state index contributed by atoms with van der Waals surface area (Å²) in [6.45, 7) is -1.20. The van der Waals surface area contributed by atoms with Crippen molar-refractivity contribution in [2.75, 3.05) is 13.1 Å². The van der Waals surface area contributed by atoms with Gasteiger partial charge >= 0.3 is 12.4 Å². The van der Waals surface area contributed by atoms with Crippen LogP contribution in [0.5, 0.6) is 0 Å². The number of rotatable bonds is 7. The highest BCUT2D eigenvalue weighted by Crippen LogP contribution is 2.53. The van der Waals surface area contributed by atoms with Crippen molar-refractivity contribution in [1.82, 2.24) is 5.32 Å². The summed E-state index contributed by atoms with van der Waals surface area (Å²) in [6.07, 6.45) is -12.1. The summed E-state index contributed by atoms with van der Waals surface area (Å²) < 4.78 is 144. The molecule has 0 saturated carbocycles. The van der Waals surface area contributed by atoms with Crippen molar-refractivity contribution >= 4 is 26.7 Å². The highest BCUT2D eigenvalue weighted by molar-refractivity contribution is 9.10. The molecular formula is C26H19BrF9NO2S. The molecule has 1 N–H and O–H groups in total. The molecule has 0 bridgehead atoms. The molecule has 1 aliphatic rings. The number of nitrogens with one attached hydrogen (secondary N) is 1. The Labute approximate surface area is 233 Å². The minimum absolute atomic E-state index is 0.0797. The first kappa shape index (κ1) is 30.5. The van der Waals surface area contributed by atoms with Crippen LogP contribution in [0.15, 0.2) is 70.0 Å². The predicted molar refractivity (Wildman–Crippen MR) is 131 cm³/mol. The zero-order valence-electron chi connectivity index (χ0n) is 20.1. The van der Waals surface area contributed by atoms with Crippen molar-refractivity contribution < 1.29 is 48.5 Å². The van der Waals surface area contributed by atoms with Gasteiger partial charge < -0.3 is 10.1 Å². The first-order valence-corrected chi connectivity index (χ1v) is 13.5. The van der Waals surface area contributed by atoms with Gasteiger partial charge in [-0.1, -0.05) is 30.3 Å². The van der Waals surface area contributed by atoms with E-state index < -0.39 is 75.1 Å². The van der Waals surface area contributed by atoms with E-state index >= 15 is 0 Å². The summed E-state index contributed by atoms with van der Waals surface area (Å²) >= 11 is 3.01. The van der Waals surface area contributed by atoms with Crippen LogP contribution in [0.1, 0.15) is 22.6 Å². The lowest BCUT2D eigenvalue weighted by Gasteiger charge is -2.37. The van der Waals surface area contributed by atoms with Crippen molar-refractivity contribution in [3.63, 3.8) is 0 Å². The third kappa shape index (κ3) is 5.68. The second-order valence-electron chi connectivity index (χ2n) is 8.96. The third-order valence-corrected chi connectivity index (χ3v) is 8.97. The van der Waals surface area contributed by atoms with Crippen LogP contribution in [-0.4, -0.2) is 34.9 Å². The molecule has 2 unspecified atom stereocenters. The Bertz CT molecular complexity index is 1360. The SMILES string of the molecule is O=S(c1ccc(F)c(Br)c1)[C@@H]1CNCC1c1ccc(C(OCc2c(F)cccc2F)(C(F)(F)F)C(F)(F)F)cc1. The maximum absolute atomic E-state index is 14.2. The molecule has 40 heavy (non-hydrogen) atoms. The molecular weight excluding hydrogens is 641 g/mol. The van der Waals surface area contributed by atoms with E-state index in [0.717, 1.165) is 24.3 Å². The smallest absolute Gasteiger partial charge is 0.349 e. The van der Waals surface area contributed by atoms with Crippen molar-refractivity contribution in [3.05, 3.63) is 99.3 Å². The van der Waals surface area contributed by atoms with Gasteiger partial charge in [-0.2, -0.15) is 26.3 Å². The molecule has 0 aromatic heterocycles. The number of ether oxygens (including phenoxy) is 1. The van der Waals surface area contributed by atoms with Crippen LogP contribution >= 0.6 is 15.9 Å².